The summed E-state index contributed by atoms with van der Waals surface area (Å²) in [5.41, 5.74) is 0.871. The first-order valence-electron chi connectivity index (χ1n) is 4.76. The lowest BCUT2D eigenvalue weighted by atomic mass is 10.2. The van der Waals surface area contributed by atoms with E-state index < -0.39 is 4.92 Å². The molecule has 0 amide bonds. The van der Waals surface area contributed by atoms with E-state index in [0.717, 1.165) is 5.56 Å². The maximum atomic E-state index is 10.7. The first-order valence-corrected chi connectivity index (χ1v) is 7.00. The minimum absolute atomic E-state index is 0.0798. The van der Waals surface area contributed by atoms with Gasteiger partial charge in [0.25, 0.3) is 5.69 Å². The highest BCUT2D eigenvalue weighted by molar-refractivity contribution is 8.00. The van der Waals surface area contributed by atoms with Crippen LogP contribution in [-0.2, 0) is 5.75 Å². The van der Waals surface area contributed by atoms with Crippen molar-refractivity contribution in [2.24, 2.45) is 0 Å². The van der Waals surface area contributed by atoms with Gasteiger partial charge in [-0.25, -0.2) is 0 Å². The molecule has 2 rings (SSSR count). The Labute approximate surface area is 112 Å². The molecular weight excluding hydrogens is 278 g/mol. The zero-order valence-electron chi connectivity index (χ0n) is 8.63. The third-order valence-electron chi connectivity index (χ3n) is 2.11. The van der Waals surface area contributed by atoms with Crippen LogP contribution < -0.4 is 0 Å². The summed E-state index contributed by atoms with van der Waals surface area (Å²) in [5, 5.41) is 13.2. The van der Waals surface area contributed by atoms with Gasteiger partial charge in [-0.05, 0) is 23.1 Å². The van der Waals surface area contributed by atoms with E-state index in [1.54, 1.807) is 29.2 Å². The van der Waals surface area contributed by atoms with Crippen LogP contribution >= 0.6 is 34.7 Å². The number of thioether (sulfide) groups is 1. The monoisotopic (exact) mass is 285 g/mol. The molecule has 0 aliphatic heterocycles. The van der Waals surface area contributed by atoms with E-state index in [2.05, 4.69) is 0 Å². The molecule has 6 heteroatoms. The van der Waals surface area contributed by atoms with Crippen molar-refractivity contribution in [3.8, 4) is 0 Å². The molecule has 0 bridgehead atoms. The van der Waals surface area contributed by atoms with E-state index in [0.29, 0.717) is 10.8 Å². The number of rotatable bonds is 4. The van der Waals surface area contributed by atoms with E-state index in [-0.39, 0.29) is 5.69 Å². The van der Waals surface area contributed by atoms with Gasteiger partial charge in [0, 0.05) is 22.9 Å². The van der Waals surface area contributed by atoms with Crippen LogP contribution in [0.3, 0.4) is 0 Å². The number of nitrogens with zero attached hydrogens (tertiary/aromatic N) is 1. The van der Waals surface area contributed by atoms with Crippen molar-refractivity contribution >= 4 is 40.4 Å². The Morgan fingerprint density at radius 1 is 1.41 bits per heavy atom. The average molecular weight is 286 g/mol. The third kappa shape index (κ3) is 3.21. The summed E-state index contributed by atoms with van der Waals surface area (Å²) >= 11 is 9.28. The molecule has 1 heterocycles. The second-order valence-electron chi connectivity index (χ2n) is 3.25. The minimum Gasteiger partial charge on any atom is -0.258 e. The Morgan fingerprint density at radius 3 is 2.88 bits per heavy atom. The van der Waals surface area contributed by atoms with Gasteiger partial charge >= 0.3 is 0 Å². The molecule has 0 radical (unpaired) electrons. The second-order valence-corrected chi connectivity index (χ2v) is 5.88. The van der Waals surface area contributed by atoms with Gasteiger partial charge in [0.2, 0.25) is 0 Å². The summed E-state index contributed by atoms with van der Waals surface area (Å²) in [5.74, 6) is 0.640. The highest BCUT2D eigenvalue weighted by Gasteiger charge is 2.10. The molecule has 0 spiro atoms. The van der Waals surface area contributed by atoms with Crippen LogP contribution in [0.1, 0.15) is 5.56 Å². The van der Waals surface area contributed by atoms with Crippen molar-refractivity contribution in [1.82, 2.24) is 0 Å². The van der Waals surface area contributed by atoms with Crippen LogP contribution in [0.4, 0.5) is 5.69 Å². The topological polar surface area (TPSA) is 43.1 Å². The Balaban J connectivity index is 2.14. The fraction of sp³-hybridized carbons (Fsp3) is 0.0909. The molecule has 0 saturated heterocycles. The minimum atomic E-state index is -0.407. The van der Waals surface area contributed by atoms with Crippen molar-refractivity contribution in [3.05, 3.63) is 56.4 Å². The van der Waals surface area contributed by atoms with Gasteiger partial charge in [-0.15, -0.1) is 23.1 Å². The lowest BCUT2D eigenvalue weighted by molar-refractivity contribution is -0.384. The first kappa shape index (κ1) is 12.4. The van der Waals surface area contributed by atoms with Gasteiger partial charge in [0.15, 0.2) is 0 Å². The van der Waals surface area contributed by atoms with Gasteiger partial charge in [0.05, 0.1) is 9.13 Å². The molecule has 2 aromatic rings. The Bertz CT molecular complexity index is 528. The van der Waals surface area contributed by atoms with E-state index in [4.69, 9.17) is 11.6 Å². The highest BCUT2D eigenvalue weighted by Crippen LogP contribution is 2.31. The Morgan fingerprint density at radius 2 is 2.24 bits per heavy atom. The van der Waals surface area contributed by atoms with Crippen molar-refractivity contribution in [3.63, 3.8) is 0 Å². The molecule has 88 valence electrons. The van der Waals surface area contributed by atoms with Gasteiger partial charge in [-0.1, -0.05) is 17.7 Å². The van der Waals surface area contributed by atoms with E-state index in [1.165, 1.54) is 16.3 Å². The van der Waals surface area contributed by atoms with Crippen LogP contribution in [0.15, 0.2) is 39.9 Å². The third-order valence-corrected chi connectivity index (χ3v) is 4.65. The predicted molar refractivity (Wildman–Crippen MR) is 72.0 cm³/mol. The van der Waals surface area contributed by atoms with Crippen molar-refractivity contribution in [2.75, 3.05) is 0 Å². The molecule has 0 aliphatic carbocycles. The molecule has 0 N–H and O–H groups in total. The fourth-order valence-corrected chi connectivity index (χ4v) is 3.32. The number of nitro benzene ring substituents is 1. The van der Waals surface area contributed by atoms with Crippen molar-refractivity contribution in [2.45, 2.75) is 9.96 Å². The van der Waals surface area contributed by atoms with Crippen LogP contribution in [-0.4, -0.2) is 4.92 Å². The number of benzene rings is 1. The fourth-order valence-electron chi connectivity index (χ4n) is 1.28. The summed E-state index contributed by atoms with van der Waals surface area (Å²) in [6.07, 6.45) is 0. The van der Waals surface area contributed by atoms with Crippen LogP contribution in [0.2, 0.25) is 5.02 Å². The molecule has 0 aliphatic rings. The second kappa shape index (κ2) is 5.53. The normalized spacial score (nSPS) is 10.4. The zero-order valence-corrected chi connectivity index (χ0v) is 11.0. The summed E-state index contributed by atoms with van der Waals surface area (Å²) in [7, 11) is 0. The van der Waals surface area contributed by atoms with Crippen molar-refractivity contribution < 1.29 is 4.92 Å². The maximum Gasteiger partial charge on any atom is 0.269 e. The van der Waals surface area contributed by atoms with Gasteiger partial charge < -0.3 is 0 Å². The lowest BCUT2D eigenvalue weighted by Gasteiger charge is -2.02. The number of non-ortho nitro benzene ring substituents is 1. The first-order chi connectivity index (χ1) is 8.16. The molecule has 3 nitrogen and oxygen atoms in total. The number of hydrogen-bond acceptors (Lipinski definition) is 4. The molecule has 0 unspecified atom stereocenters. The summed E-state index contributed by atoms with van der Waals surface area (Å²) < 4.78 is 1.17. The lowest BCUT2D eigenvalue weighted by Crippen LogP contribution is -1.90. The van der Waals surface area contributed by atoms with Gasteiger partial charge in [0.1, 0.15) is 0 Å². The molecule has 0 atom stereocenters. The average Bonchev–Trinajstić information content (AvgIpc) is 2.80. The van der Waals surface area contributed by atoms with E-state index in [1.807, 2.05) is 17.5 Å². The standard InChI is InChI=1S/C11H8ClNO2S2/c12-10-4-3-9(13(14)15)6-8(10)7-17-11-2-1-5-16-11/h1-6H,7H2. The largest absolute Gasteiger partial charge is 0.269 e. The Kier molecular flexibility index (Phi) is 4.04. The maximum absolute atomic E-state index is 10.7. The number of nitro groups is 1. The molecule has 0 fully saturated rings. The highest BCUT2D eigenvalue weighted by atomic mass is 35.5. The van der Waals surface area contributed by atoms with E-state index >= 15 is 0 Å². The van der Waals surface area contributed by atoms with Gasteiger partial charge in [-0.2, -0.15) is 0 Å². The summed E-state index contributed by atoms with van der Waals surface area (Å²) in [6, 6.07) is 8.51. The number of thiophene rings is 1. The quantitative estimate of drug-likeness (QED) is 0.468. The zero-order chi connectivity index (χ0) is 12.3. The van der Waals surface area contributed by atoms with Crippen LogP contribution in [0, 0.1) is 10.1 Å². The number of halogens is 1. The van der Waals surface area contributed by atoms with E-state index in [9.17, 15) is 10.1 Å². The Hall–Kier alpha value is -1.04. The smallest absolute Gasteiger partial charge is 0.258 e. The van der Waals surface area contributed by atoms with Crippen LogP contribution in [0.5, 0.6) is 0 Å². The van der Waals surface area contributed by atoms with Crippen molar-refractivity contribution in [1.29, 1.82) is 0 Å². The number of hydrogen-bond donors (Lipinski definition) is 0. The molecule has 1 aromatic carbocycles. The molecule has 1 aromatic heterocycles. The summed E-state index contributed by atoms with van der Waals surface area (Å²) in [4.78, 5) is 10.2. The van der Waals surface area contributed by atoms with Crippen LogP contribution in [0.25, 0.3) is 0 Å². The molecular formula is C11H8ClNO2S2. The summed E-state index contributed by atoms with van der Waals surface area (Å²) in [6.45, 7) is 0. The SMILES string of the molecule is O=[N+]([O-])c1ccc(Cl)c(CSc2cccs2)c1. The molecule has 17 heavy (non-hydrogen) atoms. The van der Waals surface area contributed by atoms with Gasteiger partial charge in [-0.3, -0.25) is 10.1 Å². The molecule has 0 saturated carbocycles. The predicted octanol–water partition coefficient (Wildman–Crippen LogP) is 4.60.